The normalized spacial score (nSPS) is 10.5. The SMILES string of the molecule is O=C(N/N=C/c1ccccc1C(=O)O)c1ccccc1F. The Morgan fingerprint density at radius 3 is 2.33 bits per heavy atom. The molecule has 2 aromatic rings. The van der Waals surface area contributed by atoms with Gasteiger partial charge in [0.05, 0.1) is 17.3 Å². The van der Waals surface area contributed by atoms with E-state index in [1.54, 1.807) is 18.2 Å². The summed E-state index contributed by atoms with van der Waals surface area (Å²) in [7, 11) is 0. The van der Waals surface area contributed by atoms with Crippen molar-refractivity contribution in [1.82, 2.24) is 5.43 Å². The summed E-state index contributed by atoms with van der Waals surface area (Å²) < 4.78 is 13.4. The molecule has 0 spiro atoms. The Morgan fingerprint density at radius 1 is 1.05 bits per heavy atom. The van der Waals surface area contributed by atoms with Crippen molar-refractivity contribution in [2.24, 2.45) is 5.10 Å². The van der Waals surface area contributed by atoms with Gasteiger partial charge in [0, 0.05) is 5.56 Å². The number of hydrogen-bond donors (Lipinski definition) is 2. The standard InChI is InChI=1S/C15H11FN2O3/c16-13-8-4-3-7-12(13)14(19)18-17-9-10-5-1-2-6-11(10)15(20)21/h1-9H,(H,18,19)(H,20,21)/b17-9+. The number of nitrogens with zero attached hydrogens (tertiary/aromatic N) is 1. The number of aromatic carboxylic acids is 1. The number of carbonyl (C=O) groups is 2. The van der Waals surface area contributed by atoms with E-state index < -0.39 is 17.7 Å². The maximum Gasteiger partial charge on any atom is 0.336 e. The fourth-order valence-corrected chi connectivity index (χ4v) is 1.67. The van der Waals surface area contributed by atoms with E-state index in [1.807, 2.05) is 0 Å². The molecule has 0 fully saturated rings. The summed E-state index contributed by atoms with van der Waals surface area (Å²) >= 11 is 0. The van der Waals surface area contributed by atoms with Crippen molar-refractivity contribution in [1.29, 1.82) is 0 Å². The molecule has 2 rings (SSSR count). The first-order valence-corrected chi connectivity index (χ1v) is 6.00. The van der Waals surface area contributed by atoms with Crippen molar-refractivity contribution < 1.29 is 19.1 Å². The molecule has 106 valence electrons. The second kappa shape index (κ2) is 6.42. The van der Waals surface area contributed by atoms with Gasteiger partial charge in [-0.05, 0) is 18.2 Å². The zero-order valence-electron chi connectivity index (χ0n) is 10.8. The van der Waals surface area contributed by atoms with Crippen molar-refractivity contribution in [2.75, 3.05) is 0 Å². The highest BCUT2D eigenvalue weighted by Crippen LogP contribution is 2.07. The minimum Gasteiger partial charge on any atom is -0.478 e. The third kappa shape index (κ3) is 3.50. The molecule has 0 saturated carbocycles. The number of hydrazone groups is 1. The second-order valence-corrected chi connectivity index (χ2v) is 4.07. The lowest BCUT2D eigenvalue weighted by molar-refractivity contribution is 0.0696. The molecule has 0 aliphatic rings. The van der Waals surface area contributed by atoms with Crippen LogP contribution < -0.4 is 5.43 Å². The summed E-state index contributed by atoms with van der Waals surface area (Å²) in [6.45, 7) is 0. The van der Waals surface area contributed by atoms with Gasteiger partial charge in [-0.25, -0.2) is 14.6 Å². The number of hydrogen-bond acceptors (Lipinski definition) is 3. The lowest BCUT2D eigenvalue weighted by Gasteiger charge is -2.02. The number of rotatable bonds is 4. The maximum absolute atomic E-state index is 13.4. The molecule has 0 saturated heterocycles. The van der Waals surface area contributed by atoms with Gasteiger partial charge in [-0.3, -0.25) is 4.79 Å². The van der Waals surface area contributed by atoms with E-state index in [0.717, 1.165) is 0 Å². The van der Waals surface area contributed by atoms with Crippen molar-refractivity contribution in [3.8, 4) is 0 Å². The first-order valence-electron chi connectivity index (χ1n) is 6.00. The molecular formula is C15H11FN2O3. The summed E-state index contributed by atoms with van der Waals surface area (Å²) in [5.74, 6) is -2.47. The van der Waals surface area contributed by atoms with Crippen LogP contribution in [0.1, 0.15) is 26.3 Å². The Kier molecular flexibility index (Phi) is 4.40. The number of carboxylic acids is 1. The number of nitrogens with one attached hydrogen (secondary N) is 1. The van der Waals surface area contributed by atoms with Gasteiger partial charge in [-0.2, -0.15) is 5.10 Å². The fraction of sp³-hybridized carbons (Fsp3) is 0. The minimum absolute atomic E-state index is 0.0568. The number of carbonyl (C=O) groups excluding carboxylic acids is 1. The van der Waals surface area contributed by atoms with E-state index in [0.29, 0.717) is 5.56 Å². The lowest BCUT2D eigenvalue weighted by Crippen LogP contribution is -2.19. The Bertz CT molecular complexity index is 714. The van der Waals surface area contributed by atoms with Gasteiger partial charge in [-0.1, -0.05) is 30.3 Å². The zero-order valence-corrected chi connectivity index (χ0v) is 10.8. The fourth-order valence-electron chi connectivity index (χ4n) is 1.67. The molecule has 0 aromatic heterocycles. The first kappa shape index (κ1) is 14.4. The number of amides is 1. The average molecular weight is 286 g/mol. The molecule has 5 nitrogen and oxygen atoms in total. The van der Waals surface area contributed by atoms with E-state index >= 15 is 0 Å². The van der Waals surface area contributed by atoms with Crippen LogP contribution >= 0.6 is 0 Å². The molecule has 0 aliphatic heterocycles. The molecule has 0 heterocycles. The lowest BCUT2D eigenvalue weighted by atomic mass is 10.1. The van der Waals surface area contributed by atoms with Crippen LogP contribution in [0.5, 0.6) is 0 Å². The summed E-state index contributed by atoms with van der Waals surface area (Å²) in [4.78, 5) is 22.7. The van der Waals surface area contributed by atoms with E-state index in [1.165, 1.54) is 36.5 Å². The zero-order chi connectivity index (χ0) is 15.2. The van der Waals surface area contributed by atoms with E-state index in [-0.39, 0.29) is 11.1 Å². The molecule has 0 bridgehead atoms. The highest BCUT2D eigenvalue weighted by molar-refractivity contribution is 5.99. The molecule has 0 unspecified atom stereocenters. The second-order valence-electron chi connectivity index (χ2n) is 4.07. The Balaban J connectivity index is 2.12. The molecular weight excluding hydrogens is 275 g/mol. The number of benzene rings is 2. The molecule has 1 amide bonds. The monoisotopic (exact) mass is 286 g/mol. The highest BCUT2D eigenvalue weighted by atomic mass is 19.1. The largest absolute Gasteiger partial charge is 0.478 e. The number of halogens is 1. The van der Waals surface area contributed by atoms with E-state index in [2.05, 4.69) is 10.5 Å². The highest BCUT2D eigenvalue weighted by Gasteiger charge is 2.10. The van der Waals surface area contributed by atoms with Gasteiger partial charge in [0.15, 0.2) is 0 Å². The Labute approximate surface area is 119 Å². The van der Waals surface area contributed by atoms with Crippen LogP contribution in [0.2, 0.25) is 0 Å². The minimum atomic E-state index is -1.10. The summed E-state index contributed by atoms with van der Waals surface area (Å²) in [5, 5.41) is 12.6. The predicted octanol–water partition coefficient (Wildman–Crippen LogP) is 2.29. The maximum atomic E-state index is 13.4. The van der Waals surface area contributed by atoms with Gasteiger partial charge < -0.3 is 5.11 Å². The van der Waals surface area contributed by atoms with Crippen LogP contribution in [-0.2, 0) is 0 Å². The van der Waals surface area contributed by atoms with Crippen LogP contribution in [0, 0.1) is 5.82 Å². The van der Waals surface area contributed by atoms with E-state index in [4.69, 9.17) is 5.11 Å². The van der Waals surface area contributed by atoms with Crippen LogP contribution in [0.25, 0.3) is 0 Å². The third-order valence-corrected chi connectivity index (χ3v) is 2.68. The van der Waals surface area contributed by atoms with Gasteiger partial charge in [0.2, 0.25) is 0 Å². The molecule has 0 radical (unpaired) electrons. The van der Waals surface area contributed by atoms with Crippen LogP contribution in [0.15, 0.2) is 53.6 Å². The van der Waals surface area contributed by atoms with Crippen LogP contribution in [0.4, 0.5) is 4.39 Å². The van der Waals surface area contributed by atoms with Crippen molar-refractivity contribution >= 4 is 18.1 Å². The quantitative estimate of drug-likeness (QED) is 0.668. The summed E-state index contributed by atoms with van der Waals surface area (Å²) in [6.07, 6.45) is 1.20. The first-order chi connectivity index (χ1) is 10.1. The van der Waals surface area contributed by atoms with Gasteiger partial charge >= 0.3 is 5.97 Å². The van der Waals surface area contributed by atoms with Gasteiger partial charge in [-0.15, -0.1) is 0 Å². The van der Waals surface area contributed by atoms with Crippen LogP contribution in [0.3, 0.4) is 0 Å². The smallest absolute Gasteiger partial charge is 0.336 e. The third-order valence-electron chi connectivity index (χ3n) is 2.68. The molecule has 2 aromatic carbocycles. The Morgan fingerprint density at radius 2 is 1.67 bits per heavy atom. The van der Waals surface area contributed by atoms with Crippen LogP contribution in [-0.4, -0.2) is 23.2 Å². The average Bonchev–Trinajstić information content (AvgIpc) is 2.48. The van der Waals surface area contributed by atoms with E-state index in [9.17, 15) is 14.0 Å². The Hall–Kier alpha value is -3.02. The van der Waals surface area contributed by atoms with Gasteiger partial charge in [0.1, 0.15) is 5.82 Å². The number of carboxylic acid groups (broad SMARTS) is 1. The van der Waals surface area contributed by atoms with Crippen molar-refractivity contribution in [2.45, 2.75) is 0 Å². The molecule has 0 aliphatic carbocycles. The van der Waals surface area contributed by atoms with Crippen molar-refractivity contribution in [3.05, 3.63) is 71.0 Å². The molecule has 2 N–H and O–H groups in total. The van der Waals surface area contributed by atoms with Gasteiger partial charge in [0.25, 0.3) is 5.91 Å². The summed E-state index contributed by atoms with van der Waals surface area (Å²) in [6, 6.07) is 11.7. The topological polar surface area (TPSA) is 78.8 Å². The molecule has 0 atom stereocenters. The molecule has 6 heteroatoms. The van der Waals surface area contributed by atoms with Crippen molar-refractivity contribution in [3.63, 3.8) is 0 Å². The molecule has 21 heavy (non-hydrogen) atoms. The predicted molar refractivity (Wildman–Crippen MR) is 74.9 cm³/mol. The summed E-state index contributed by atoms with van der Waals surface area (Å²) in [5.41, 5.74) is 2.40.